The van der Waals surface area contributed by atoms with Gasteiger partial charge >= 0.3 is 0 Å². The van der Waals surface area contributed by atoms with Crippen molar-refractivity contribution in [3.8, 4) is 11.5 Å². The van der Waals surface area contributed by atoms with E-state index in [1.165, 1.54) is 0 Å². The molecule has 0 aliphatic carbocycles. The van der Waals surface area contributed by atoms with Gasteiger partial charge in [-0.05, 0) is 45.4 Å². The first kappa shape index (κ1) is 14.8. The lowest BCUT2D eigenvalue weighted by Crippen LogP contribution is -2.21. The van der Waals surface area contributed by atoms with Crippen LogP contribution in [-0.2, 0) is 0 Å². The second kappa shape index (κ2) is 6.61. The highest BCUT2D eigenvalue weighted by Gasteiger charge is 2.12. The van der Waals surface area contributed by atoms with Gasteiger partial charge in [0.1, 0.15) is 0 Å². The Morgan fingerprint density at radius 1 is 1.00 bits per heavy atom. The summed E-state index contributed by atoms with van der Waals surface area (Å²) in [6, 6.07) is 5.56. The molecule has 102 valence electrons. The van der Waals surface area contributed by atoms with Crippen LogP contribution in [0, 0.1) is 0 Å². The fraction of sp³-hybridized carbons (Fsp3) is 0.571. The maximum Gasteiger partial charge on any atom is 0.161 e. The third-order valence-electron chi connectivity index (χ3n) is 2.38. The summed E-state index contributed by atoms with van der Waals surface area (Å²) in [5.41, 5.74) is 12.5. The van der Waals surface area contributed by atoms with Crippen molar-refractivity contribution in [1.29, 1.82) is 0 Å². The minimum absolute atomic E-state index is 0.0869. The van der Waals surface area contributed by atoms with Crippen LogP contribution in [0.4, 0.5) is 0 Å². The third kappa shape index (κ3) is 4.20. The van der Waals surface area contributed by atoms with Crippen LogP contribution in [0.3, 0.4) is 0 Å². The van der Waals surface area contributed by atoms with Crippen LogP contribution in [0.25, 0.3) is 0 Å². The van der Waals surface area contributed by atoms with E-state index in [0.29, 0.717) is 6.54 Å². The molecule has 0 amide bonds. The predicted molar refractivity (Wildman–Crippen MR) is 74.0 cm³/mol. The van der Waals surface area contributed by atoms with Gasteiger partial charge in [0, 0.05) is 12.6 Å². The summed E-state index contributed by atoms with van der Waals surface area (Å²) in [4.78, 5) is 0. The lowest BCUT2D eigenvalue weighted by atomic mass is 10.1. The van der Waals surface area contributed by atoms with E-state index in [0.717, 1.165) is 17.1 Å². The second-order valence-electron chi connectivity index (χ2n) is 4.88. The molecule has 1 rings (SSSR count). The van der Waals surface area contributed by atoms with E-state index in [1.54, 1.807) is 0 Å². The lowest BCUT2D eigenvalue weighted by molar-refractivity contribution is 0.198. The summed E-state index contributed by atoms with van der Waals surface area (Å²) in [6.45, 7) is 8.34. The predicted octanol–water partition coefficient (Wildman–Crippen LogP) is 2.22. The van der Waals surface area contributed by atoms with E-state index in [-0.39, 0.29) is 18.2 Å². The Morgan fingerprint density at radius 3 is 2.06 bits per heavy atom. The molecule has 4 N–H and O–H groups in total. The second-order valence-corrected chi connectivity index (χ2v) is 4.88. The summed E-state index contributed by atoms with van der Waals surface area (Å²) in [5.74, 6) is 1.46. The molecular weight excluding hydrogens is 228 g/mol. The van der Waals surface area contributed by atoms with Crippen LogP contribution in [0.1, 0.15) is 39.3 Å². The molecule has 0 spiro atoms. The zero-order chi connectivity index (χ0) is 13.7. The van der Waals surface area contributed by atoms with Gasteiger partial charge in [-0.25, -0.2) is 0 Å². The Bertz CT molecular complexity index is 378. The summed E-state index contributed by atoms with van der Waals surface area (Å²) < 4.78 is 11.5. The van der Waals surface area contributed by atoms with Crippen LogP contribution >= 0.6 is 0 Å². The molecule has 0 saturated carbocycles. The minimum Gasteiger partial charge on any atom is -0.487 e. The molecular formula is C14H24N2O2. The Kier molecular flexibility index (Phi) is 5.44. The van der Waals surface area contributed by atoms with Crippen molar-refractivity contribution in [2.24, 2.45) is 11.5 Å². The number of benzene rings is 1. The molecule has 0 aliphatic rings. The SMILES string of the molecule is CC(C)Oc1ccc(C(N)CN)cc1OC(C)C. The maximum absolute atomic E-state index is 5.92. The number of nitrogens with two attached hydrogens (primary N) is 2. The van der Waals surface area contributed by atoms with Gasteiger partial charge in [-0.3, -0.25) is 0 Å². The van der Waals surface area contributed by atoms with Gasteiger partial charge in [0.25, 0.3) is 0 Å². The maximum atomic E-state index is 5.92. The molecule has 0 heterocycles. The summed E-state index contributed by atoms with van der Waals surface area (Å²) in [5, 5.41) is 0. The van der Waals surface area contributed by atoms with Crippen molar-refractivity contribution in [2.45, 2.75) is 45.9 Å². The van der Waals surface area contributed by atoms with Gasteiger partial charge in [0.05, 0.1) is 12.2 Å². The molecule has 1 unspecified atom stereocenters. The van der Waals surface area contributed by atoms with Crippen LogP contribution < -0.4 is 20.9 Å². The van der Waals surface area contributed by atoms with Crippen LogP contribution in [-0.4, -0.2) is 18.8 Å². The van der Waals surface area contributed by atoms with E-state index in [2.05, 4.69) is 0 Å². The Labute approximate surface area is 109 Å². The number of rotatable bonds is 6. The lowest BCUT2D eigenvalue weighted by Gasteiger charge is -2.19. The van der Waals surface area contributed by atoms with Crippen molar-refractivity contribution in [3.05, 3.63) is 23.8 Å². The van der Waals surface area contributed by atoms with Crippen LogP contribution in [0.5, 0.6) is 11.5 Å². The highest BCUT2D eigenvalue weighted by molar-refractivity contribution is 5.44. The van der Waals surface area contributed by atoms with E-state index >= 15 is 0 Å². The quantitative estimate of drug-likeness (QED) is 0.814. The number of hydrogen-bond acceptors (Lipinski definition) is 4. The van der Waals surface area contributed by atoms with E-state index in [9.17, 15) is 0 Å². The topological polar surface area (TPSA) is 70.5 Å². The molecule has 1 aromatic rings. The number of ether oxygens (including phenoxy) is 2. The molecule has 4 heteroatoms. The van der Waals surface area contributed by atoms with Crippen molar-refractivity contribution in [1.82, 2.24) is 0 Å². The van der Waals surface area contributed by atoms with E-state index in [4.69, 9.17) is 20.9 Å². The third-order valence-corrected chi connectivity index (χ3v) is 2.38. The van der Waals surface area contributed by atoms with Gasteiger partial charge in [0.2, 0.25) is 0 Å². The van der Waals surface area contributed by atoms with Gasteiger partial charge in [-0.1, -0.05) is 6.07 Å². The molecule has 4 nitrogen and oxygen atoms in total. The zero-order valence-electron chi connectivity index (χ0n) is 11.6. The summed E-state index contributed by atoms with van der Waals surface area (Å²) >= 11 is 0. The molecule has 0 aliphatic heterocycles. The van der Waals surface area contributed by atoms with Crippen molar-refractivity contribution in [2.75, 3.05) is 6.54 Å². The first-order valence-corrected chi connectivity index (χ1v) is 6.37. The van der Waals surface area contributed by atoms with Crippen molar-refractivity contribution >= 4 is 0 Å². The molecule has 0 aromatic heterocycles. The molecule has 1 atom stereocenters. The molecule has 0 fully saturated rings. The standard InChI is InChI=1S/C14H24N2O2/c1-9(2)17-13-6-5-11(12(16)8-15)7-14(13)18-10(3)4/h5-7,9-10,12H,8,15-16H2,1-4H3. The Morgan fingerprint density at radius 2 is 1.56 bits per heavy atom. The van der Waals surface area contributed by atoms with Crippen molar-refractivity contribution < 1.29 is 9.47 Å². The average Bonchev–Trinajstić information content (AvgIpc) is 2.29. The molecule has 0 saturated heterocycles. The number of hydrogen-bond donors (Lipinski definition) is 2. The van der Waals surface area contributed by atoms with Gasteiger partial charge in [-0.15, -0.1) is 0 Å². The molecule has 1 aromatic carbocycles. The van der Waals surface area contributed by atoms with E-state index in [1.807, 2.05) is 45.9 Å². The fourth-order valence-electron chi connectivity index (χ4n) is 1.59. The first-order chi connectivity index (χ1) is 8.43. The van der Waals surface area contributed by atoms with Crippen LogP contribution in [0.15, 0.2) is 18.2 Å². The Hall–Kier alpha value is -1.26. The normalized spacial score (nSPS) is 12.9. The van der Waals surface area contributed by atoms with E-state index < -0.39 is 0 Å². The van der Waals surface area contributed by atoms with Gasteiger partial charge in [-0.2, -0.15) is 0 Å². The largest absolute Gasteiger partial charge is 0.487 e. The molecule has 0 bridgehead atoms. The fourth-order valence-corrected chi connectivity index (χ4v) is 1.59. The van der Waals surface area contributed by atoms with Crippen LogP contribution in [0.2, 0.25) is 0 Å². The average molecular weight is 252 g/mol. The van der Waals surface area contributed by atoms with Gasteiger partial charge < -0.3 is 20.9 Å². The summed E-state index contributed by atoms with van der Waals surface area (Å²) in [7, 11) is 0. The highest BCUT2D eigenvalue weighted by atomic mass is 16.5. The highest BCUT2D eigenvalue weighted by Crippen LogP contribution is 2.31. The minimum atomic E-state index is -0.174. The molecule has 18 heavy (non-hydrogen) atoms. The first-order valence-electron chi connectivity index (χ1n) is 6.37. The summed E-state index contributed by atoms with van der Waals surface area (Å²) in [6.07, 6.45) is 0.192. The smallest absolute Gasteiger partial charge is 0.161 e. The Balaban J connectivity index is 3.03. The monoisotopic (exact) mass is 252 g/mol. The zero-order valence-corrected chi connectivity index (χ0v) is 11.6. The van der Waals surface area contributed by atoms with Gasteiger partial charge in [0.15, 0.2) is 11.5 Å². The molecule has 0 radical (unpaired) electrons. The van der Waals surface area contributed by atoms with Crippen molar-refractivity contribution in [3.63, 3.8) is 0 Å².